The van der Waals surface area contributed by atoms with Crippen LogP contribution in [0, 0.1) is 0 Å². The van der Waals surface area contributed by atoms with Crippen LogP contribution in [-0.4, -0.2) is 33.7 Å². The molecule has 0 radical (unpaired) electrons. The van der Waals surface area contributed by atoms with Gasteiger partial charge in [-0.2, -0.15) is 13.2 Å². The van der Waals surface area contributed by atoms with Gasteiger partial charge in [-0.3, -0.25) is 0 Å². The first-order chi connectivity index (χ1) is 12.2. The number of nitrogens with one attached hydrogen (secondary N) is 1. The Hall–Kier alpha value is -2.94. The molecule has 0 saturated heterocycles. The number of hydrogen-bond acceptors (Lipinski definition) is 4. The molecule has 26 heavy (non-hydrogen) atoms. The van der Waals surface area contributed by atoms with E-state index < -0.39 is 12.1 Å². The molecule has 0 unspecified atom stereocenters. The van der Waals surface area contributed by atoms with Gasteiger partial charge in [-0.25, -0.2) is 9.78 Å². The first-order valence-electron chi connectivity index (χ1n) is 7.04. The number of imidazole rings is 1. The minimum Gasteiger partial charge on any atom is -0.495 e. The maximum Gasteiger partial charge on any atom is 0.490 e. The van der Waals surface area contributed by atoms with Crippen molar-refractivity contribution in [2.45, 2.75) is 6.18 Å². The normalized spacial score (nSPS) is 10.8. The van der Waals surface area contributed by atoms with Gasteiger partial charge in [-0.1, -0.05) is 17.7 Å². The van der Waals surface area contributed by atoms with Gasteiger partial charge in [0, 0.05) is 18.0 Å². The van der Waals surface area contributed by atoms with E-state index in [0.29, 0.717) is 10.8 Å². The van der Waals surface area contributed by atoms with Crippen LogP contribution in [0.25, 0.3) is 5.52 Å². The van der Waals surface area contributed by atoms with Gasteiger partial charge in [0.2, 0.25) is 0 Å². The highest BCUT2D eigenvalue weighted by Gasteiger charge is 2.38. The lowest BCUT2D eigenvalue weighted by Crippen LogP contribution is -2.21. The summed E-state index contributed by atoms with van der Waals surface area (Å²) in [6.07, 6.45) is -1.36. The molecule has 2 heterocycles. The van der Waals surface area contributed by atoms with E-state index in [2.05, 4.69) is 10.3 Å². The summed E-state index contributed by atoms with van der Waals surface area (Å²) in [5, 5.41) is 11.0. The molecule has 6 nitrogen and oxygen atoms in total. The third-order valence-corrected chi connectivity index (χ3v) is 3.41. The van der Waals surface area contributed by atoms with Crippen molar-refractivity contribution in [3.05, 3.63) is 53.9 Å². The summed E-state index contributed by atoms with van der Waals surface area (Å²) in [5.41, 5.74) is 1.89. The van der Waals surface area contributed by atoms with Crippen LogP contribution in [0.4, 0.5) is 24.7 Å². The molecule has 0 amide bonds. The zero-order valence-electron chi connectivity index (χ0n) is 13.3. The zero-order valence-corrected chi connectivity index (χ0v) is 14.0. The number of alkyl halides is 3. The molecular formula is C16H13ClF3N3O3. The number of methoxy groups -OCH3 is 1. The molecule has 0 fully saturated rings. The van der Waals surface area contributed by atoms with Crippen molar-refractivity contribution in [3.8, 4) is 5.75 Å². The molecule has 2 N–H and O–H groups in total. The molecule has 0 aliphatic heterocycles. The van der Waals surface area contributed by atoms with Crippen molar-refractivity contribution in [2.75, 3.05) is 12.4 Å². The van der Waals surface area contributed by atoms with E-state index in [4.69, 9.17) is 26.2 Å². The van der Waals surface area contributed by atoms with Gasteiger partial charge in [-0.15, -0.1) is 0 Å². The molecule has 0 aliphatic carbocycles. The number of nitrogens with zero attached hydrogens (tertiary/aromatic N) is 2. The molecule has 10 heteroatoms. The van der Waals surface area contributed by atoms with Crippen LogP contribution >= 0.6 is 11.6 Å². The van der Waals surface area contributed by atoms with Gasteiger partial charge >= 0.3 is 12.1 Å². The number of carboxylic acids is 1. The van der Waals surface area contributed by atoms with Crippen LogP contribution in [-0.2, 0) is 4.79 Å². The lowest BCUT2D eigenvalue weighted by molar-refractivity contribution is -0.192. The van der Waals surface area contributed by atoms with Gasteiger partial charge in [0.05, 0.1) is 17.6 Å². The van der Waals surface area contributed by atoms with Gasteiger partial charge in [-0.05, 0) is 24.3 Å². The number of benzene rings is 1. The fourth-order valence-electron chi connectivity index (χ4n) is 1.91. The Kier molecular flexibility index (Phi) is 5.93. The topological polar surface area (TPSA) is 75.9 Å². The van der Waals surface area contributed by atoms with Crippen LogP contribution in [0.15, 0.2) is 48.9 Å². The quantitative estimate of drug-likeness (QED) is 0.697. The van der Waals surface area contributed by atoms with Gasteiger partial charge in [0.15, 0.2) is 5.82 Å². The van der Waals surface area contributed by atoms with Gasteiger partial charge < -0.3 is 19.6 Å². The molecule has 3 rings (SSSR count). The number of halogens is 4. The monoisotopic (exact) mass is 387 g/mol. The zero-order chi connectivity index (χ0) is 19.3. The molecule has 0 aliphatic rings. The minimum absolute atomic E-state index is 0.586. The number of aliphatic carboxylic acids is 1. The second kappa shape index (κ2) is 7.96. The number of carbonyl (C=O) groups is 1. The van der Waals surface area contributed by atoms with E-state index in [1.165, 1.54) is 0 Å². The van der Waals surface area contributed by atoms with Crippen molar-refractivity contribution < 1.29 is 27.8 Å². The van der Waals surface area contributed by atoms with E-state index in [0.717, 1.165) is 17.0 Å². The fourth-order valence-corrected chi connectivity index (χ4v) is 2.11. The van der Waals surface area contributed by atoms with Gasteiger partial charge in [0.1, 0.15) is 12.1 Å². The van der Waals surface area contributed by atoms with Crippen LogP contribution in [0.5, 0.6) is 5.75 Å². The van der Waals surface area contributed by atoms with Crippen molar-refractivity contribution in [3.63, 3.8) is 0 Å². The molecule has 1 aromatic carbocycles. The lowest BCUT2D eigenvalue weighted by atomic mass is 10.3. The smallest absolute Gasteiger partial charge is 0.490 e. The predicted molar refractivity (Wildman–Crippen MR) is 90.2 cm³/mol. The first kappa shape index (κ1) is 19.4. The number of pyridine rings is 1. The van der Waals surface area contributed by atoms with Crippen molar-refractivity contribution in [2.24, 2.45) is 0 Å². The number of anilines is 2. The van der Waals surface area contributed by atoms with Crippen molar-refractivity contribution in [1.82, 2.24) is 9.38 Å². The van der Waals surface area contributed by atoms with Crippen LogP contribution < -0.4 is 10.1 Å². The molecule has 0 saturated carbocycles. The van der Waals surface area contributed by atoms with Crippen LogP contribution in [0.1, 0.15) is 0 Å². The standard InChI is InChI=1S/C14H12ClN3O.C2HF3O2/c1-19-13-8-10(5-6-11(13)15)17-14-12-4-2-3-7-18(12)9-16-14;3-2(4,5)1(6)7/h2-9,17H,1H3;(H,6,7). The third-order valence-electron chi connectivity index (χ3n) is 3.10. The maximum absolute atomic E-state index is 10.6. The highest BCUT2D eigenvalue weighted by molar-refractivity contribution is 6.32. The highest BCUT2D eigenvalue weighted by Crippen LogP contribution is 2.29. The maximum atomic E-state index is 10.6. The SMILES string of the molecule is COc1cc(Nc2ncn3ccccc23)ccc1Cl.O=C(O)C(F)(F)F. The van der Waals surface area contributed by atoms with Crippen LogP contribution in [0.3, 0.4) is 0 Å². The molecule has 2 aromatic heterocycles. The molecule has 0 atom stereocenters. The van der Waals surface area contributed by atoms with Crippen molar-refractivity contribution >= 4 is 34.6 Å². The minimum atomic E-state index is -5.08. The number of ether oxygens (including phenoxy) is 1. The number of carboxylic acid groups (broad SMARTS) is 1. The molecule has 138 valence electrons. The van der Waals surface area contributed by atoms with E-state index in [9.17, 15) is 13.2 Å². The summed E-state index contributed by atoms with van der Waals surface area (Å²) in [6.45, 7) is 0. The van der Waals surface area contributed by atoms with Crippen LogP contribution in [0.2, 0.25) is 5.02 Å². The summed E-state index contributed by atoms with van der Waals surface area (Å²) in [7, 11) is 1.59. The summed E-state index contributed by atoms with van der Waals surface area (Å²) in [4.78, 5) is 13.2. The number of aromatic nitrogens is 2. The Balaban J connectivity index is 0.000000298. The van der Waals surface area contributed by atoms with E-state index in [-0.39, 0.29) is 0 Å². The largest absolute Gasteiger partial charge is 0.495 e. The lowest BCUT2D eigenvalue weighted by Gasteiger charge is -2.07. The van der Waals surface area contributed by atoms with E-state index in [1.54, 1.807) is 19.5 Å². The average Bonchev–Trinajstić information content (AvgIpc) is 2.99. The second-order valence-corrected chi connectivity index (χ2v) is 5.27. The predicted octanol–water partition coefficient (Wildman–Crippen LogP) is 4.37. The molecular weight excluding hydrogens is 375 g/mol. The Morgan fingerprint density at radius 1 is 1.31 bits per heavy atom. The number of fused-ring (bicyclic) bond motifs is 1. The Morgan fingerprint density at radius 2 is 2.00 bits per heavy atom. The summed E-state index contributed by atoms with van der Waals surface area (Å²) in [5.74, 6) is -1.33. The van der Waals surface area contributed by atoms with Gasteiger partial charge in [0.25, 0.3) is 0 Å². The first-order valence-corrected chi connectivity index (χ1v) is 7.42. The average molecular weight is 388 g/mol. The molecule has 0 spiro atoms. The number of hydrogen-bond donors (Lipinski definition) is 2. The highest BCUT2D eigenvalue weighted by atomic mass is 35.5. The van der Waals surface area contributed by atoms with E-state index >= 15 is 0 Å². The number of rotatable bonds is 3. The summed E-state index contributed by atoms with van der Waals surface area (Å²) >= 11 is 6.00. The molecule has 3 aromatic rings. The van der Waals surface area contributed by atoms with Crippen molar-refractivity contribution in [1.29, 1.82) is 0 Å². The summed E-state index contributed by atoms with van der Waals surface area (Å²) in [6, 6.07) is 11.5. The Labute approximate surface area is 150 Å². The summed E-state index contributed by atoms with van der Waals surface area (Å²) < 4.78 is 38.9. The second-order valence-electron chi connectivity index (χ2n) is 4.86. The Bertz CT molecular complexity index is 912. The fraction of sp³-hybridized carbons (Fsp3) is 0.125. The van der Waals surface area contributed by atoms with E-state index in [1.807, 2.05) is 40.9 Å². The Morgan fingerprint density at radius 3 is 2.62 bits per heavy atom. The third kappa shape index (κ3) is 4.79. The molecule has 0 bridgehead atoms.